The van der Waals surface area contributed by atoms with Crippen LogP contribution in [-0.2, 0) is 6.42 Å². The minimum atomic E-state index is 0.706. The van der Waals surface area contributed by atoms with E-state index >= 15 is 0 Å². The predicted molar refractivity (Wildman–Crippen MR) is 55.8 cm³/mol. The van der Waals surface area contributed by atoms with Gasteiger partial charge in [0.2, 0.25) is 0 Å². The third-order valence-corrected chi connectivity index (χ3v) is 2.79. The summed E-state index contributed by atoms with van der Waals surface area (Å²) in [4.78, 5) is 0. The highest BCUT2D eigenvalue weighted by Gasteiger charge is 2.19. The van der Waals surface area contributed by atoms with E-state index in [9.17, 15) is 0 Å². The molecule has 2 rings (SSSR count). The Kier molecular flexibility index (Phi) is 2.65. The molecule has 0 amide bonds. The van der Waals surface area contributed by atoms with Gasteiger partial charge in [-0.05, 0) is 31.7 Å². The van der Waals surface area contributed by atoms with E-state index in [1.807, 2.05) is 0 Å². The first-order valence-corrected chi connectivity index (χ1v) is 5.14. The van der Waals surface area contributed by atoms with Crippen molar-refractivity contribution < 1.29 is 0 Å². The van der Waals surface area contributed by atoms with E-state index in [2.05, 4.69) is 42.6 Å². The molecule has 0 bridgehead atoms. The first-order valence-electron chi connectivity index (χ1n) is 5.14. The van der Waals surface area contributed by atoms with Gasteiger partial charge < -0.3 is 5.32 Å². The zero-order valence-corrected chi connectivity index (χ0v) is 8.16. The van der Waals surface area contributed by atoms with Crippen LogP contribution in [0.3, 0.4) is 0 Å². The molecule has 1 N–H and O–H groups in total. The highest BCUT2D eigenvalue weighted by Crippen LogP contribution is 2.15. The van der Waals surface area contributed by atoms with Gasteiger partial charge in [-0.3, -0.25) is 0 Å². The highest BCUT2D eigenvalue weighted by molar-refractivity contribution is 5.16. The standard InChI is InChI=1S/C12H17N/c1-10-7-8-12(13-10)9-11-5-3-2-4-6-11/h2-6,10,12-13H,7-9H2,1H3/t10-,12+/m1/s1. The lowest BCUT2D eigenvalue weighted by molar-refractivity contribution is 0.558. The minimum absolute atomic E-state index is 0.706. The Balaban J connectivity index is 1.92. The maximum atomic E-state index is 3.60. The molecule has 1 aliphatic rings. The average molecular weight is 175 g/mol. The fraction of sp³-hybridized carbons (Fsp3) is 0.500. The highest BCUT2D eigenvalue weighted by atomic mass is 15.0. The Hall–Kier alpha value is -0.820. The van der Waals surface area contributed by atoms with E-state index < -0.39 is 0 Å². The Bertz CT molecular complexity index is 255. The van der Waals surface area contributed by atoms with E-state index in [4.69, 9.17) is 0 Å². The molecule has 70 valence electrons. The van der Waals surface area contributed by atoms with Crippen molar-refractivity contribution in [2.45, 2.75) is 38.3 Å². The third-order valence-electron chi connectivity index (χ3n) is 2.79. The topological polar surface area (TPSA) is 12.0 Å². The Morgan fingerprint density at radius 2 is 2.00 bits per heavy atom. The molecule has 1 aromatic rings. The van der Waals surface area contributed by atoms with Crippen LogP contribution in [0.4, 0.5) is 0 Å². The van der Waals surface area contributed by atoms with Crippen LogP contribution in [-0.4, -0.2) is 12.1 Å². The lowest BCUT2D eigenvalue weighted by Gasteiger charge is -2.11. The van der Waals surface area contributed by atoms with Crippen LogP contribution in [0.1, 0.15) is 25.3 Å². The van der Waals surface area contributed by atoms with Gasteiger partial charge in [-0.2, -0.15) is 0 Å². The van der Waals surface area contributed by atoms with Crippen LogP contribution in [0, 0.1) is 0 Å². The van der Waals surface area contributed by atoms with Gasteiger partial charge in [0, 0.05) is 12.1 Å². The molecule has 0 spiro atoms. The van der Waals surface area contributed by atoms with Crippen molar-refractivity contribution in [2.24, 2.45) is 0 Å². The molecule has 1 saturated heterocycles. The largest absolute Gasteiger partial charge is 0.311 e. The van der Waals surface area contributed by atoms with Gasteiger partial charge >= 0.3 is 0 Å². The lowest BCUT2D eigenvalue weighted by atomic mass is 10.1. The summed E-state index contributed by atoms with van der Waals surface area (Å²) in [5, 5.41) is 3.60. The summed E-state index contributed by atoms with van der Waals surface area (Å²) >= 11 is 0. The first-order chi connectivity index (χ1) is 6.34. The molecule has 0 unspecified atom stereocenters. The molecule has 0 aromatic heterocycles. The van der Waals surface area contributed by atoms with Gasteiger partial charge in [0.15, 0.2) is 0 Å². The summed E-state index contributed by atoms with van der Waals surface area (Å²) in [6.45, 7) is 2.27. The molecular formula is C12H17N. The second-order valence-electron chi connectivity index (χ2n) is 4.03. The number of rotatable bonds is 2. The molecule has 0 radical (unpaired) electrons. The SMILES string of the molecule is C[C@@H]1CC[C@@H](Cc2ccccc2)N1. The zero-order valence-electron chi connectivity index (χ0n) is 8.16. The van der Waals surface area contributed by atoms with Crippen LogP contribution in [0.5, 0.6) is 0 Å². The zero-order chi connectivity index (χ0) is 9.10. The smallest absolute Gasteiger partial charge is 0.0110 e. The molecule has 1 aromatic carbocycles. The maximum absolute atomic E-state index is 3.60. The molecule has 1 heteroatoms. The van der Waals surface area contributed by atoms with Crippen molar-refractivity contribution in [1.82, 2.24) is 5.32 Å². The van der Waals surface area contributed by atoms with Gasteiger partial charge in [-0.1, -0.05) is 30.3 Å². The van der Waals surface area contributed by atoms with Gasteiger partial charge in [0.25, 0.3) is 0 Å². The second kappa shape index (κ2) is 3.93. The van der Waals surface area contributed by atoms with Crippen molar-refractivity contribution in [3.05, 3.63) is 35.9 Å². The molecule has 13 heavy (non-hydrogen) atoms. The summed E-state index contributed by atoms with van der Waals surface area (Å²) in [5.41, 5.74) is 1.45. The van der Waals surface area contributed by atoms with E-state index in [0.717, 1.165) is 0 Å². The van der Waals surface area contributed by atoms with Crippen molar-refractivity contribution in [3.63, 3.8) is 0 Å². The molecule has 1 nitrogen and oxygen atoms in total. The average Bonchev–Trinajstić information content (AvgIpc) is 2.53. The predicted octanol–water partition coefficient (Wildman–Crippen LogP) is 2.37. The van der Waals surface area contributed by atoms with Crippen molar-refractivity contribution in [2.75, 3.05) is 0 Å². The lowest BCUT2D eigenvalue weighted by Crippen LogP contribution is -2.28. The monoisotopic (exact) mass is 175 g/mol. The van der Waals surface area contributed by atoms with E-state index in [-0.39, 0.29) is 0 Å². The minimum Gasteiger partial charge on any atom is -0.311 e. The molecule has 1 aliphatic heterocycles. The van der Waals surface area contributed by atoms with Gasteiger partial charge in [0.1, 0.15) is 0 Å². The Morgan fingerprint density at radius 1 is 1.23 bits per heavy atom. The molecule has 0 aliphatic carbocycles. The quantitative estimate of drug-likeness (QED) is 0.727. The van der Waals surface area contributed by atoms with Crippen LogP contribution < -0.4 is 5.32 Å². The molecule has 0 saturated carbocycles. The van der Waals surface area contributed by atoms with E-state index in [0.29, 0.717) is 12.1 Å². The summed E-state index contributed by atoms with van der Waals surface area (Å²) < 4.78 is 0. The van der Waals surface area contributed by atoms with Crippen LogP contribution in [0.15, 0.2) is 30.3 Å². The maximum Gasteiger partial charge on any atom is 0.0110 e. The van der Waals surface area contributed by atoms with Crippen molar-refractivity contribution in [3.8, 4) is 0 Å². The Morgan fingerprint density at radius 3 is 2.62 bits per heavy atom. The van der Waals surface area contributed by atoms with E-state index in [1.54, 1.807) is 0 Å². The van der Waals surface area contributed by atoms with Crippen molar-refractivity contribution >= 4 is 0 Å². The van der Waals surface area contributed by atoms with Gasteiger partial charge in [-0.15, -0.1) is 0 Å². The molecular weight excluding hydrogens is 158 g/mol. The molecule has 1 heterocycles. The first kappa shape index (κ1) is 8.76. The van der Waals surface area contributed by atoms with Gasteiger partial charge in [-0.25, -0.2) is 0 Å². The summed E-state index contributed by atoms with van der Waals surface area (Å²) in [7, 11) is 0. The molecule has 2 atom stereocenters. The van der Waals surface area contributed by atoms with Crippen LogP contribution in [0.2, 0.25) is 0 Å². The Labute approximate surface area is 80.2 Å². The normalized spacial score (nSPS) is 27.8. The van der Waals surface area contributed by atoms with Crippen LogP contribution >= 0.6 is 0 Å². The van der Waals surface area contributed by atoms with E-state index in [1.165, 1.54) is 24.8 Å². The van der Waals surface area contributed by atoms with Gasteiger partial charge in [0.05, 0.1) is 0 Å². The second-order valence-corrected chi connectivity index (χ2v) is 4.03. The number of hydrogen-bond acceptors (Lipinski definition) is 1. The van der Waals surface area contributed by atoms with Crippen molar-refractivity contribution in [1.29, 1.82) is 0 Å². The fourth-order valence-electron chi connectivity index (χ4n) is 2.08. The third kappa shape index (κ3) is 2.31. The summed E-state index contributed by atoms with van der Waals surface area (Å²) in [5.74, 6) is 0. The fourth-order valence-corrected chi connectivity index (χ4v) is 2.08. The number of benzene rings is 1. The number of hydrogen-bond donors (Lipinski definition) is 1. The summed E-state index contributed by atoms with van der Waals surface area (Å²) in [6, 6.07) is 12.2. The number of nitrogens with one attached hydrogen (secondary N) is 1. The van der Waals surface area contributed by atoms with Crippen LogP contribution in [0.25, 0.3) is 0 Å². The summed E-state index contributed by atoms with van der Waals surface area (Å²) in [6.07, 6.45) is 3.85. The molecule has 1 fully saturated rings.